The summed E-state index contributed by atoms with van der Waals surface area (Å²) in [6.07, 6.45) is 1.14. The first-order valence-electron chi connectivity index (χ1n) is 5.81. The predicted molar refractivity (Wildman–Crippen MR) is 77.5 cm³/mol. The largest absolute Gasteiger partial charge is 0.423 e. The second-order valence-electron chi connectivity index (χ2n) is 4.09. The maximum atomic E-state index is 11.2. The molecule has 0 aromatic heterocycles. The average Bonchev–Trinajstić information content (AvgIpc) is 2.41. The molecule has 0 aliphatic carbocycles. The van der Waals surface area contributed by atoms with Gasteiger partial charge in [0.25, 0.3) is 0 Å². The van der Waals surface area contributed by atoms with Crippen molar-refractivity contribution in [1.29, 1.82) is 0 Å². The van der Waals surface area contributed by atoms with E-state index >= 15 is 0 Å². The summed E-state index contributed by atoms with van der Waals surface area (Å²) in [4.78, 5) is 11.2. The molecule has 3 heteroatoms. The minimum absolute atomic E-state index is 0.464. The van der Waals surface area contributed by atoms with E-state index in [1.165, 1.54) is 0 Å². The van der Waals surface area contributed by atoms with E-state index in [2.05, 4.69) is 6.58 Å². The molecule has 0 unspecified atom stereocenters. The van der Waals surface area contributed by atoms with Crippen LogP contribution in [0.15, 0.2) is 55.1 Å². The number of benzene rings is 2. The lowest BCUT2D eigenvalue weighted by Crippen LogP contribution is -2.04. The molecule has 0 radical (unpaired) electrons. The molecule has 96 valence electrons. The number of aryl methyl sites for hydroxylation is 1. The molecule has 0 saturated carbocycles. The molecule has 0 atom stereocenters. The van der Waals surface area contributed by atoms with Gasteiger partial charge >= 0.3 is 5.97 Å². The summed E-state index contributed by atoms with van der Waals surface area (Å²) in [7, 11) is 0. The molecule has 0 heterocycles. The standard InChI is InChI=1S/C16H13ClO2/c1-3-16(18)19-15-9-8-12(10-11(15)2)13-6-4-5-7-14(13)17/h3-10H,1H2,2H3. The molecular formula is C16H13ClO2. The van der Waals surface area contributed by atoms with E-state index in [0.717, 1.165) is 22.8 Å². The zero-order valence-electron chi connectivity index (χ0n) is 10.5. The van der Waals surface area contributed by atoms with Crippen LogP contribution in [-0.2, 0) is 4.79 Å². The number of carbonyl (C=O) groups is 1. The molecule has 19 heavy (non-hydrogen) atoms. The third-order valence-electron chi connectivity index (χ3n) is 2.74. The van der Waals surface area contributed by atoms with Gasteiger partial charge in [-0.2, -0.15) is 0 Å². The minimum atomic E-state index is -0.464. The lowest BCUT2D eigenvalue weighted by Gasteiger charge is -2.09. The van der Waals surface area contributed by atoms with Crippen molar-refractivity contribution in [3.63, 3.8) is 0 Å². The lowest BCUT2D eigenvalue weighted by atomic mass is 10.0. The van der Waals surface area contributed by atoms with Gasteiger partial charge in [-0.1, -0.05) is 42.4 Å². The van der Waals surface area contributed by atoms with Crippen molar-refractivity contribution in [2.75, 3.05) is 0 Å². The second-order valence-corrected chi connectivity index (χ2v) is 4.49. The number of esters is 1. The van der Waals surface area contributed by atoms with Gasteiger partial charge in [0.2, 0.25) is 0 Å². The van der Waals surface area contributed by atoms with Crippen LogP contribution < -0.4 is 4.74 Å². The van der Waals surface area contributed by atoms with Crippen LogP contribution in [0, 0.1) is 6.92 Å². The van der Waals surface area contributed by atoms with Crippen molar-refractivity contribution in [2.24, 2.45) is 0 Å². The summed E-state index contributed by atoms with van der Waals surface area (Å²) in [5.41, 5.74) is 2.81. The Bertz CT molecular complexity index is 632. The fourth-order valence-corrected chi connectivity index (χ4v) is 2.02. The van der Waals surface area contributed by atoms with E-state index in [0.29, 0.717) is 10.8 Å². The van der Waals surface area contributed by atoms with Gasteiger partial charge < -0.3 is 4.74 Å². The van der Waals surface area contributed by atoms with E-state index in [1.807, 2.05) is 43.3 Å². The number of hydrogen-bond acceptors (Lipinski definition) is 2. The van der Waals surface area contributed by atoms with Crippen molar-refractivity contribution >= 4 is 17.6 Å². The average molecular weight is 273 g/mol. The van der Waals surface area contributed by atoms with Crippen molar-refractivity contribution in [3.05, 3.63) is 65.7 Å². The summed E-state index contributed by atoms with van der Waals surface area (Å²) in [5, 5.41) is 0.692. The first-order valence-corrected chi connectivity index (χ1v) is 6.19. The lowest BCUT2D eigenvalue weighted by molar-refractivity contribution is -0.129. The van der Waals surface area contributed by atoms with Crippen molar-refractivity contribution in [1.82, 2.24) is 0 Å². The third kappa shape index (κ3) is 3.04. The molecule has 0 N–H and O–H groups in total. The topological polar surface area (TPSA) is 26.3 Å². The molecule has 0 amide bonds. The van der Waals surface area contributed by atoms with Crippen LogP contribution in [-0.4, -0.2) is 5.97 Å². The van der Waals surface area contributed by atoms with Gasteiger partial charge in [0.05, 0.1) is 0 Å². The summed E-state index contributed by atoms with van der Waals surface area (Å²) in [6.45, 7) is 5.25. The fourth-order valence-electron chi connectivity index (χ4n) is 1.78. The zero-order chi connectivity index (χ0) is 13.8. The predicted octanol–water partition coefficient (Wildman–Crippen LogP) is 4.41. The first-order chi connectivity index (χ1) is 9.11. The Morgan fingerprint density at radius 1 is 1.26 bits per heavy atom. The Kier molecular flexibility index (Phi) is 4.03. The molecule has 2 aromatic rings. The number of rotatable bonds is 3. The molecule has 0 aliphatic rings. The maximum absolute atomic E-state index is 11.2. The normalized spacial score (nSPS) is 10.0. The zero-order valence-corrected chi connectivity index (χ0v) is 11.3. The van der Waals surface area contributed by atoms with Crippen LogP contribution in [0.3, 0.4) is 0 Å². The third-order valence-corrected chi connectivity index (χ3v) is 3.07. The highest BCUT2D eigenvalue weighted by molar-refractivity contribution is 6.33. The Balaban J connectivity index is 2.36. The molecule has 0 fully saturated rings. The SMILES string of the molecule is C=CC(=O)Oc1ccc(-c2ccccc2Cl)cc1C. The summed E-state index contributed by atoms with van der Waals surface area (Å²) in [5.74, 6) is 0.0642. The fraction of sp³-hybridized carbons (Fsp3) is 0.0625. The Morgan fingerprint density at radius 3 is 2.63 bits per heavy atom. The number of halogens is 1. The van der Waals surface area contributed by atoms with Gasteiger partial charge in [-0.3, -0.25) is 0 Å². The van der Waals surface area contributed by atoms with Crippen molar-refractivity contribution in [2.45, 2.75) is 6.92 Å². The smallest absolute Gasteiger partial charge is 0.335 e. The van der Waals surface area contributed by atoms with Gasteiger partial charge in [-0.25, -0.2) is 4.79 Å². The van der Waals surface area contributed by atoms with Gasteiger partial charge in [-0.15, -0.1) is 0 Å². The molecule has 2 aromatic carbocycles. The van der Waals surface area contributed by atoms with E-state index in [9.17, 15) is 4.79 Å². The Hall–Kier alpha value is -2.06. The number of hydrogen-bond donors (Lipinski definition) is 0. The number of carbonyl (C=O) groups excluding carboxylic acids is 1. The highest BCUT2D eigenvalue weighted by Crippen LogP contribution is 2.30. The van der Waals surface area contributed by atoms with Crippen LogP contribution in [0.25, 0.3) is 11.1 Å². The molecule has 0 spiro atoms. The van der Waals surface area contributed by atoms with E-state index in [4.69, 9.17) is 16.3 Å². The molecule has 2 nitrogen and oxygen atoms in total. The number of ether oxygens (including phenoxy) is 1. The second kappa shape index (κ2) is 5.72. The van der Waals surface area contributed by atoms with Gasteiger partial charge in [0, 0.05) is 16.7 Å². The quantitative estimate of drug-likeness (QED) is 0.470. The van der Waals surface area contributed by atoms with Crippen molar-refractivity contribution < 1.29 is 9.53 Å². The van der Waals surface area contributed by atoms with Crippen molar-refractivity contribution in [3.8, 4) is 16.9 Å². The van der Waals surface area contributed by atoms with E-state index in [-0.39, 0.29) is 0 Å². The van der Waals surface area contributed by atoms with Crippen LogP contribution in [0.2, 0.25) is 5.02 Å². The highest BCUT2D eigenvalue weighted by atomic mass is 35.5. The summed E-state index contributed by atoms with van der Waals surface area (Å²) >= 11 is 6.16. The van der Waals surface area contributed by atoms with E-state index < -0.39 is 5.97 Å². The Labute approximate surface area is 117 Å². The van der Waals surface area contributed by atoms with Gasteiger partial charge in [0.15, 0.2) is 0 Å². The molecule has 0 saturated heterocycles. The summed E-state index contributed by atoms with van der Waals surface area (Å²) < 4.78 is 5.13. The van der Waals surface area contributed by atoms with Crippen LogP contribution >= 0.6 is 11.6 Å². The van der Waals surface area contributed by atoms with Gasteiger partial charge in [-0.05, 0) is 36.2 Å². The van der Waals surface area contributed by atoms with E-state index in [1.54, 1.807) is 6.07 Å². The van der Waals surface area contributed by atoms with Crippen LogP contribution in [0.5, 0.6) is 5.75 Å². The molecule has 2 rings (SSSR count). The maximum Gasteiger partial charge on any atom is 0.335 e. The molecule has 0 bridgehead atoms. The minimum Gasteiger partial charge on any atom is -0.423 e. The van der Waals surface area contributed by atoms with Crippen LogP contribution in [0.1, 0.15) is 5.56 Å². The Morgan fingerprint density at radius 2 is 2.00 bits per heavy atom. The van der Waals surface area contributed by atoms with Gasteiger partial charge in [0.1, 0.15) is 5.75 Å². The highest BCUT2D eigenvalue weighted by Gasteiger charge is 2.07. The monoisotopic (exact) mass is 272 g/mol. The first kappa shape index (κ1) is 13.4. The van der Waals surface area contributed by atoms with Crippen LogP contribution in [0.4, 0.5) is 0 Å². The molecular weight excluding hydrogens is 260 g/mol. The molecule has 0 aliphatic heterocycles. The summed E-state index contributed by atoms with van der Waals surface area (Å²) in [6, 6.07) is 13.2.